The quantitative estimate of drug-likeness (QED) is 0.419. The van der Waals surface area contributed by atoms with Gasteiger partial charge in [0.25, 0.3) is 5.91 Å². The number of hydrogen-bond acceptors (Lipinski definition) is 6. The van der Waals surface area contributed by atoms with Crippen molar-refractivity contribution in [1.29, 1.82) is 0 Å². The number of carbonyl (C=O) groups is 4. The first-order valence-electron chi connectivity index (χ1n) is 12.6. The second-order valence-corrected chi connectivity index (χ2v) is 11.9. The van der Waals surface area contributed by atoms with E-state index in [-0.39, 0.29) is 55.6 Å². The van der Waals surface area contributed by atoms with E-state index in [1.165, 1.54) is 4.90 Å². The molecule has 0 aromatic heterocycles. The van der Waals surface area contributed by atoms with Crippen LogP contribution in [0.25, 0.3) is 0 Å². The smallest absolute Gasteiger partial charge is 0.364 e. The summed E-state index contributed by atoms with van der Waals surface area (Å²) in [5.74, 6) is -3.77. The topological polar surface area (TPSA) is 114 Å². The zero-order valence-electron chi connectivity index (χ0n) is 20.9. The molecule has 0 spiro atoms. The molecule has 0 unspecified atom stereocenters. The predicted octanol–water partition coefficient (Wildman–Crippen LogP) is 1.40. The van der Waals surface area contributed by atoms with Crippen LogP contribution in [0.2, 0.25) is 0 Å². The van der Waals surface area contributed by atoms with Gasteiger partial charge in [-0.25, -0.2) is 8.78 Å². The van der Waals surface area contributed by atoms with E-state index in [4.69, 9.17) is 4.74 Å². The Morgan fingerprint density at radius 3 is 2.47 bits per heavy atom. The van der Waals surface area contributed by atoms with Crippen molar-refractivity contribution in [3.05, 3.63) is 0 Å². The molecule has 0 aromatic rings. The number of nitrogens with one attached hydrogen (secondary N) is 2. The highest BCUT2D eigenvalue weighted by atomic mass is 19.4. The molecule has 0 aromatic carbocycles. The first-order chi connectivity index (χ1) is 17.6. The second kappa shape index (κ2) is 8.83. The molecule has 0 radical (unpaired) electrons. The van der Waals surface area contributed by atoms with Gasteiger partial charge < -0.3 is 20.3 Å². The van der Waals surface area contributed by atoms with Gasteiger partial charge in [-0.15, -0.1) is 13.2 Å². The molecule has 6 rings (SSSR count). The van der Waals surface area contributed by atoms with Crippen LogP contribution in [0.5, 0.6) is 0 Å². The number of rotatable bonds is 9. The van der Waals surface area contributed by atoms with Crippen molar-refractivity contribution < 1.29 is 50.6 Å². The molecule has 6 fully saturated rings. The fourth-order valence-corrected chi connectivity index (χ4v) is 6.99. The highest BCUT2D eigenvalue weighted by Gasteiger charge is 2.75. The molecule has 4 aliphatic heterocycles. The SMILES string of the molecule is CC1(C)[C@@H]2[C@@H](C(=O)N[C@@H](C[C@@H]3CCNC3=O)C(=O)COC(F)(F)F)N(C(=O)C34CC(C(F)F)(CO3)C4)C[C@@H]21. The van der Waals surface area contributed by atoms with Crippen LogP contribution >= 0.6 is 0 Å². The highest BCUT2D eigenvalue weighted by molar-refractivity contribution is 5.97. The Balaban J connectivity index is 1.33. The molecule has 2 bridgehead atoms. The molecule has 4 saturated heterocycles. The number of ketones is 1. The lowest BCUT2D eigenvalue weighted by molar-refractivity contribution is -0.321. The Morgan fingerprint density at radius 2 is 1.92 bits per heavy atom. The minimum Gasteiger partial charge on any atom is -0.364 e. The van der Waals surface area contributed by atoms with Crippen LogP contribution in [0.15, 0.2) is 0 Å². The van der Waals surface area contributed by atoms with Gasteiger partial charge in [0.1, 0.15) is 18.2 Å². The van der Waals surface area contributed by atoms with Crippen LogP contribution in [-0.4, -0.2) is 85.2 Å². The summed E-state index contributed by atoms with van der Waals surface area (Å²) >= 11 is 0. The van der Waals surface area contributed by atoms with E-state index in [2.05, 4.69) is 15.4 Å². The van der Waals surface area contributed by atoms with Gasteiger partial charge in [0, 0.05) is 19.0 Å². The molecule has 9 nitrogen and oxygen atoms in total. The summed E-state index contributed by atoms with van der Waals surface area (Å²) in [7, 11) is 0. The lowest BCUT2D eigenvalue weighted by Gasteiger charge is -2.45. The van der Waals surface area contributed by atoms with E-state index >= 15 is 0 Å². The fraction of sp³-hybridized carbons (Fsp3) is 0.833. The Bertz CT molecular complexity index is 1040. The number of nitrogens with zero attached hydrogens (tertiary/aromatic N) is 1. The monoisotopic (exact) mass is 551 g/mol. The van der Waals surface area contributed by atoms with Gasteiger partial charge in [0.05, 0.1) is 18.1 Å². The van der Waals surface area contributed by atoms with Gasteiger partial charge in [0.2, 0.25) is 18.2 Å². The lowest BCUT2D eigenvalue weighted by atomic mass is 9.62. The van der Waals surface area contributed by atoms with Gasteiger partial charge in [0.15, 0.2) is 5.78 Å². The fourth-order valence-electron chi connectivity index (χ4n) is 6.99. The van der Waals surface area contributed by atoms with E-state index in [1.807, 2.05) is 13.8 Å². The normalized spacial score (nSPS) is 37.5. The first kappa shape index (κ1) is 27.2. The average molecular weight is 552 g/mol. The van der Waals surface area contributed by atoms with Crippen molar-refractivity contribution in [1.82, 2.24) is 15.5 Å². The number of halogens is 5. The van der Waals surface area contributed by atoms with Crippen LogP contribution in [0.1, 0.15) is 39.5 Å². The summed E-state index contributed by atoms with van der Waals surface area (Å²) in [5, 5.41) is 5.07. The third-order valence-corrected chi connectivity index (χ3v) is 9.27. The number of carbonyl (C=O) groups excluding carboxylic acids is 4. The molecule has 14 heteroatoms. The zero-order chi connectivity index (χ0) is 27.8. The summed E-state index contributed by atoms with van der Waals surface area (Å²) in [5.41, 5.74) is -3.11. The molecule has 3 amide bonds. The number of amides is 3. The van der Waals surface area contributed by atoms with E-state index in [0.29, 0.717) is 13.0 Å². The van der Waals surface area contributed by atoms with Crippen LogP contribution in [0.4, 0.5) is 22.0 Å². The molecule has 2 N–H and O–H groups in total. The standard InChI is InChI=1S/C24H30F5N3O6/c1-21(2)12-6-32(20(36)23-8-22(9-23,10-38-23)19(25)26)16(15(12)21)18(35)31-13(5-11-3-4-30-17(11)34)14(33)7-37-24(27,28)29/h11-13,15-16,19H,3-10H2,1-2H3,(H,30,34)(H,31,35)/t11-,12-,13-,15-,16-,22?,23?/m0/s1. The highest BCUT2D eigenvalue weighted by Crippen LogP contribution is 2.67. The van der Waals surface area contributed by atoms with E-state index in [1.54, 1.807) is 0 Å². The van der Waals surface area contributed by atoms with Crippen LogP contribution < -0.4 is 10.6 Å². The molecule has 5 atom stereocenters. The molecule has 4 heterocycles. The summed E-state index contributed by atoms with van der Waals surface area (Å²) in [6.07, 6.45) is -7.88. The minimum absolute atomic E-state index is 0.0525. The van der Waals surface area contributed by atoms with Crippen molar-refractivity contribution in [2.24, 2.45) is 28.6 Å². The summed E-state index contributed by atoms with van der Waals surface area (Å²) in [6, 6.07) is -2.51. The summed E-state index contributed by atoms with van der Waals surface area (Å²) in [4.78, 5) is 53.2. The van der Waals surface area contributed by atoms with E-state index in [0.717, 1.165) is 0 Å². The Labute approximate surface area is 215 Å². The molecule has 2 aliphatic carbocycles. The number of alkyl halides is 5. The molecule has 38 heavy (non-hydrogen) atoms. The molecule has 2 saturated carbocycles. The summed E-state index contributed by atoms with van der Waals surface area (Å²) < 4.78 is 73.9. The van der Waals surface area contributed by atoms with Gasteiger partial charge in [-0.2, -0.15) is 0 Å². The third kappa shape index (κ3) is 4.37. The van der Waals surface area contributed by atoms with Gasteiger partial charge in [-0.1, -0.05) is 13.8 Å². The van der Waals surface area contributed by atoms with Crippen LogP contribution in [0, 0.1) is 28.6 Å². The number of piperidine rings is 1. The third-order valence-electron chi connectivity index (χ3n) is 9.27. The van der Waals surface area contributed by atoms with E-state index < -0.39 is 66.0 Å². The van der Waals surface area contributed by atoms with Gasteiger partial charge >= 0.3 is 6.36 Å². The van der Waals surface area contributed by atoms with Gasteiger partial charge in [-0.05, 0) is 42.9 Å². The number of ether oxygens (including phenoxy) is 2. The number of Topliss-reactive ketones (excluding diaryl/α,β-unsaturated/α-hetero) is 1. The molecular formula is C24H30F5N3O6. The van der Waals surface area contributed by atoms with Crippen LogP contribution in [0.3, 0.4) is 0 Å². The first-order valence-corrected chi connectivity index (χ1v) is 12.6. The molecule has 212 valence electrons. The average Bonchev–Trinajstić information content (AvgIpc) is 3.40. The largest absolute Gasteiger partial charge is 0.522 e. The zero-order valence-corrected chi connectivity index (χ0v) is 20.9. The Kier molecular flexibility index (Phi) is 6.33. The summed E-state index contributed by atoms with van der Waals surface area (Å²) in [6.45, 7) is 2.77. The number of hydrogen-bond donors (Lipinski definition) is 2. The molecule has 6 aliphatic rings. The van der Waals surface area contributed by atoms with Crippen molar-refractivity contribution >= 4 is 23.5 Å². The Morgan fingerprint density at radius 1 is 1.24 bits per heavy atom. The second-order valence-electron chi connectivity index (χ2n) is 11.9. The maximum Gasteiger partial charge on any atom is 0.522 e. The van der Waals surface area contributed by atoms with Gasteiger partial charge in [-0.3, -0.25) is 23.9 Å². The Hall–Kier alpha value is -2.35. The van der Waals surface area contributed by atoms with Crippen molar-refractivity contribution in [2.75, 3.05) is 26.3 Å². The van der Waals surface area contributed by atoms with Crippen molar-refractivity contribution in [2.45, 2.75) is 70.0 Å². The predicted molar refractivity (Wildman–Crippen MR) is 117 cm³/mol. The maximum absolute atomic E-state index is 13.6. The van der Waals surface area contributed by atoms with Crippen molar-refractivity contribution in [3.8, 4) is 0 Å². The molecular weight excluding hydrogens is 521 g/mol. The maximum atomic E-state index is 13.6. The van der Waals surface area contributed by atoms with Crippen LogP contribution in [-0.2, 0) is 28.7 Å². The van der Waals surface area contributed by atoms with Crippen molar-refractivity contribution in [3.63, 3.8) is 0 Å². The van der Waals surface area contributed by atoms with E-state index in [9.17, 15) is 41.1 Å². The number of fused-ring (bicyclic) bond motifs is 2. The number of likely N-dealkylation sites (tertiary alicyclic amines) is 1. The minimum atomic E-state index is -5.06. The lowest BCUT2D eigenvalue weighted by Crippen LogP contribution is -2.62.